The molecule has 0 bridgehead atoms. The number of nitrogens with two attached hydrogens (primary N) is 1. The van der Waals surface area contributed by atoms with Crippen molar-refractivity contribution in [1.29, 1.82) is 0 Å². The van der Waals surface area contributed by atoms with Gasteiger partial charge in [-0.2, -0.15) is 0 Å². The average molecular weight is 177 g/mol. The molecule has 1 aliphatic carbocycles. The minimum absolute atomic E-state index is 0.558. The molecule has 0 unspecified atom stereocenters. The summed E-state index contributed by atoms with van der Waals surface area (Å²) in [5.74, 6) is 1.18. The molecule has 0 saturated heterocycles. The van der Waals surface area contributed by atoms with Crippen LogP contribution in [0.2, 0.25) is 0 Å². The Kier molecular flexibility index (Phi) is 2.43. The Morgan fingerprint density at radius 1 is 1.08 bits per heavy atom. The van der Waals surface area contributed by atoms with Gasteiger partial charge in [0.15, 0.2) is 0 Å². The van der Waals surface area contributed by atoms with E-state index in [9.17, 15) is 0 Å². The van der Waals surface area contributed by atoms with Crippen LogP contribution >= 0.6 is 0 Å². The second-order valence-corrected chi connectivity index (χ2v) is 3.66. The molecule has 0 atom stereocenters. The molecule has 0 radical (unpaired) electrons. The summed E-state index contributed by atoms with van der Waals surface area (Å²) < 4.78 is 0. The standard InChI is InChI=1S/C10H15N3/c11-10-9(12-6-7-13-10)8-4-2-1-3-5-8/h6-8H,1-5H2,(H2,11,13). The summed E-state index contributed by atoms with van der Waals surface area (Å²) in [5, 5.41) is 0. The summed E-state index contributed by atoms with van der Waals surface area (Å²) in [6, 6.07) is 0. The molecule has 1 fully saturated rings. The lowest BCUT2D eigenvalue weighted by molar-refractivity contribution is 0.437. The molecule has 1 aromatic heterocycles. The smallest absolute Gasteiger partial charge is 0.145 e. The first kappa shape index (κ1) is 8.48. The summed E-state index contributed by atoms with van der Waals surface area (Å²) in [6.45, 7) is 0. The van der Waals surface area contributed by atoms with Crippen LogP contribution in [0.1, 0.15) is 43.7 Å². The van der Waals surface area contributed by atoms with Crippen LogP contribution in [0.25, 0.3) is 0 Å². The highest BCUT2D eigenvalue weighted by Crippen LogP contribution is 2.33. The topological polar surface area (TPSA) is 51.8 Å². The fraction of sp³-hybridized carbons (Fsp3) is 0.600. The molecule has 1 aromatic rings. The zero-order valence-electron chi connectivity index (χ0n) is 7.74. The SMILES string of the molecule is Nc1nccnc1C1CCCCC1. The van der Waals surface area contributed by atoms with Gasteiger partial charge in [-0.25, -0.2) is 4.98 Å². The van der Waals surface area contributed by atoms with Crippen molar-refractivity contribution in [2.75, 3.05) is 5.73 Å². The summed E-state index contributed by atoms with van der Waals surface area (Å²) in [6.07, 6.45) is 9.81. The van der Waals surface area contributed by atoms with E-state index in [0.29, 0.717) is 11.7 Å². The summed E-state index contributed by atoms with van der Waals surface area (Å²) in [5.41, 5.74) is 6.79. The molecule has 13 heavy (non-hydrogen) atoms. The van der Waals surface area contributed by atoms with Crippen LogP contribution in [0.5, 0.6) is 0 Å². The number of aromatic nitrogens is 2. The first-order valence-corrected chi connectivity index (χ1v) is 4.94. The molecule has 1 saturated carbocycles. The first-order chi connectivity index (χ1) is 6.38. The minimum atomic E-state index is 0.558. The average Bonchev–Trinajstić information content (AvgIpc) is 2.20. The number of rotatable bonds is 1. The van der Waals surface area contributed by atoms with E-state index in [-0.39, 0.29) is 0 Å². The molecule has 0 aromatic carbocycles. The largest absolute Gasteiger partial charge is 0.382 e. The van der Waals surface area contributed by atoms with Crippen LogP contribution in [0.4, 0.5) is 5.82 Å². The van der Waals surface area contributed by atoms with Gasteiger partial charge in [0.05, 0.1) is 5.69 Å². The lowest BCUT2D eigenvalue weighted by atomic mass is 9.87. The molecular formula is C10H15N3. The van der Waals surface area contributed by atoms with Crippen molar-refractivity contribution < 1.29 is 0 Å². The van der Waals surface area contributed by atoms with Crippen LogP contribution in [0.3, 0.4) is 0 Å². The molecule has 2 N–H and O–H groups in total. The fourth-order valence-electron chi connectivity index (χ4n) is 2.05. The van der Waals surface area contributed by atoms with Crippen molar-refractivity contribution >= 4 is 5.82 Å². The van der Waals surface area contributed by atoms with Gasteiger partial charge in [0, 0.05) is 18.3 Å². The Labute approximate surface area is 78.4 Å². The third kappa shape index (κ3) is 1.79. The molecule has 0 spiro atoms. The Morgan fingerprint density at radius 3 is 2.46 bits per heavy atom. The van der Waals surface area contributed by atoms with Crippen molar-refractivity contribution in [2.45, 2.75) is 38.0 Å². The van der Waals surface area contributed by atoms with Crippen LogP contribution in [0, 0.1) is 0 Å². The molecule has 70 valence electrons. The van der Waals surface area contributed by atoms with Crippen LogP contribution in [0.15, 0.2) is 12.4 Å². The fourth-order valence-corrected chi connectivity index (χ4v) is 2.05. The van der Waals surface area contributed by atoms with Gasteiger partial charge in [-0.1, -0.05) is 19.3 Å². The van der Waals surface area contributed by atoms with E-state index in [1.807, 2.05) is 0 Å². The van der Waals surface area contributed by atoms with Crippen molar-refractivity contribution in [3.63, 3.8) is 0 Å². The Hall–Kier alpha value is -1.12. The molecule has 0 aliphatic heterocycles. The normalized spacial score (nSPS) is 18.8. The molecule has 3 heteroatoms. The van der Waals surface area contributed by atoms with Crippen LogP contribution < -0.4 is 5.73 Å². The first-order valence-electron chi connectivity index (χ1n) is 4.94. The van der Waals surface area contributed by atoms with Crippen LogP contribution in [-0.4, -0.2) is 9.97 Å². The maximum Gasteiger partial charge on any atom is 0.145 e. The Bertz CT molecular complexity index is 279. The van der Waals surface area contributed by atoms with Crippen molar-refractivity contribution in [3.05, 3.63) is 18.1 Å². The van der Waals surface area contributed by atoms with E-state index in [0.717, 1.165) is 5.69 Å². The highest BCUT2D eigenvalue weighted by Gasteiger charge is 2.18. The molecule has 3 nitrogen and oxygen atoms in total. The summed E-state index contributed by atoms with van der Waals surface area (Å²) >= 11 is 0. The Morgan fingerprint density at radius 2 is 1.77 bits per heavy atom. The van der Waals surface area contributed by atoms with E-state index < -0.39 is 0 Å². The Balaban J connectivity index is 2.18. The molecule has 0 amide bonds. The van der Waals surface area contributed by atoms with Gasteiger partial charge in [0.25, 0.3) is 0 Å². The second-order valence-electron chi connectivity index (χ2n) is 3.66. The third-order valence-electron chi connectivity index (χ3n) is 2.75. The van der Waals surface area contributed by atoms with E-state index in [1.54, 1.807) is 12.4 Å². The second kappa shape index (κ2) is 3.73. The molecule has 1 heterocycles. The summed E-state index contributed by atoms with van der Waals surface area (Å²) in [7, 11) is 0. The van der Waals surface area contributed by atoms with Crippen molar-refractivity contribution in [2.24, 2.45) is 0 Å². The maximum atomic E-state index is 5.78. The zero-order chi connectivity index (χ0) is 9.10. The number of anilines is 1. The number of hydrogen-bond donors (Lipinski definition) is 1. The highest BCUT2D eigenvalue weighted by atomic mass is 14.9. The molecule has 1 aliphatic rings. The highest BCUT2D eigenvalue weighted by molar-refractivity contribution is 5.35. The van der Waals surface area contributed by atoms with Crippen LogP contribution in [-0.2, 0) is 0 Å². The van der Waals surface area contributed by atoms with Gasteiger partial charge in [0.2, 0.25) is 0 Å². The van der Waals surface area contributed by atoms with Gasteiger partial charge in [0.1, 0.15) is 5.82 Å². The van der Waals surface area contributed by atoms with E-state index in [1.165, 1.54) is 32.1 Å². The number of nitrogen functional groups attached to an aromatic ring is 1. The summed E-state index contributed by atoms with van der Waals surface area (Å²) in [4.78, 5) is 8.38. The van der Waals surface area contributed by atoms with E-state index in [4.69, 9.17) is 5.73 Å². The van der Waals surface area contributed by atoms with Gasteiger partial charge in [-0.3, -0.25) is 4.98 Å². The maximum absolute atomic E-state index is 5.78. The number of nitrogens with zero attached hydrogens (tertiary/aromatic N) is 2. The predicted molar refractivity (Wildman–Crippen MR) is 52.3 cm³/mol. The van der Waals surface area contributed by atoms with Gasteiger partial charge in [-0.15, -0.1) is 0 Å². The quantitative estimate of drug-likeness (QED) is 0.714. The van der Waals surface area contributed by atoms with E-state index in [2.05, 4.69) is 9.97 Å². The zero-order valence-corrected chi connectivity index (χ0v) is 7.74. The molecule has 2 rings (SSSR count). The monoisotopic (exact) mass is 177 g/mol. The molecular weight excluding hydrogens is 162 g/mol. The predicted octanol–water partition coefficient (Wildman–Crippen LogP) is 2.11. The van der Waals surface area contributed by atoms with Crippen molar-refractivity contribution in [1.82, 2.24) is 9.97 Å². The van der Waals surface area contributed by atoms with Crippen molar-refractivity contribution in [3.8, 4) is 0 Å². The van der Waals surface area contributed by atoms with Gasteiger partial charge >= 0.3 is 0 Å². The number of hydrogen-bond acceptors (Lipinski definition) is 3. The van der Waals surface area contributed by atoms with Gasteiger partial charge < -0.3 is 5.73 Å². The lowest BCUT2D eigenvalue weighted by Crippen LogP contribution is -2.10. The minimum Gasteiger partial charge on any atom is -0.382 e. The third-order valence-corrected chi connectivity index (χ3v) is 2.75. The van der Waals surface area contributed by atoms with E-state index >= 15 is 0 Å². The lowest BCUT2D eigenvalue weighted by Gasteiger charge is -2.21. The van der Waals surface area contributed by atoms with Gasteiger partial charge in [-0.05, 0) is 12.8 Å².